The van der Waals surface area contributed by atoms with E-state index in [0.717, 1.165) is 3.58 Å². The molecule has 10 heavy (non-hydrogen) atoms. The summed E-state index contributed by atoms with van der Waals surface area (Å²) in [6.07, 6.45) is 3.19. The molecule has 56 valence electrons. The molecule has 1 rings (SSSR count). The van der Waals surface area contributed by atoms with E-state index >= 15 is 0 Å². The first-order valence-electron chi connectivity index (χ1n) is 2.99. The zero-order chi connectivity index (χ0) is 7.72. The van der Waals surface area contributed by atoms with Gasteiger partial charge in [-0.25, -0.2) is 4.39 Å². The van der Waals surface area contributed by atoms with Gasteiger partial charge in [-0.05, 0) is 34.7 Å². The van der Waals surface area contributed by atoms with Gasteiger partial charge < -0.3 is 0 Å². The Morgan fingerprint density at radius 3 is 2.70 bits per heavy atom. The molecule has 1 aliphatic rings. The fourth-order valence-corrected chi connectivity index (χ4v) is 1.69. The molecule has 0 bridgehead atoms. The van der Waals surface area contributed by atoms with E-state index in [0.29, 0.717) is 0 Å². The van der Waals surface area contributed by atoms with Crippen molar-refractivity contribution in [1.82, 2.24) is 0 Å². The monoisotopic (exact) mass is 272 g/mol. The molecule has 0 nitrogen and oxygen atoms in total. The molecule has 0 aromatic rings. The lowest BCUT2D eigenvalue weighted by atomic mass is 10.0. The van der Waals surface area contributed by atoms with E-state index in [4.69, 9.17) is 11.6 Å². The molecule has 0 amide bonds. The average Bonchev–Trinajstić information content (AvgIpc) is 1.93. The molecule has 2 atom stereocenters. The van der Waals surface area contributed by atoms with E-state index in [1.54, 1.807) is 13.0 Å². The molecule has 0 N–H and O–H groups in total. The van der Waals surface area contributed by atoms with Crippen LogP contribution in [0.1, 0.15) is 6.92 Å². The molecule has 3 heteroatoms. The Balaban J connectivity index is 2.86. The van der Waals surface area contributed by atoms with Gasteiger partial charge in [-0.1, -0.05) is 6.92 Å². The lowest BCUT2D eigenvalue weighted by Gasteiger charge is -2.18. The minimum absolute atomic E-state index is 0.125. The van der Waals surface area contributed by atoms with Gasteiger partial charge >= 0.3 is 0 Å². The summed E-state index contributed by atoms with van der Waals surface area (Å²) in [7, 11) is 0. The zero-order valence-corrected chi connectivity index (χ0v) is 8.36. The molecule has 2 unspecified atom stereocenters. The summed E-state index contributed by atoms with van der Waals surface area (Å²) < 4.78 is 13.7. The summed E-state index contributed by atoms with van der Waals surface area (Å²) in [6, 6.07) is 0. The van der Waals surface area contributed by atoms with Gasteiger partial charge in [-0.3, -0.25) is 0 Å². The lowest BCUT2D eigenvalue weighted by molar-refractivity contribution is 0.494. The topological polar surface area (TPSA) is 0 Å². The van der Waals surface area contributed by atoms with Crippen LogP contribution in [0.4, 0.5) is 4.39 Å². The van der Waals surface area contributed by atoms with Gasteiger partial charge in [0.15, 0.2) is 0 Å². The first-order chi connectivity index (χ1) is 4.63. The third-order valence-electron chi connectivity index (χ3n) is 1.54. The van der Waals surface area contributed by atoms with Gasteiger partial charge in [-0.2, -0.15) is 0 Å². The lowest BCUT2D eigenvalue weighted by Crippen LogP contribution is -2.14. The summed E-state index contributed by atoms with van der Waals surface area (Å²) in [5, 5.41) is -0.175. The SMILES string of the molecule is CC1C(F)=CC=C(I)C1Cl. The second kappa shape index (κ2) is 3.22. The Bertz CT molecular complexity index is 176. The first-order valence-corrected chi connectivity index (χ1v) is 4.51. The average molecular weight is 272 g/mol. The maximum Gasteiger partial charge on any atom is 0.105 e. The second-order valence-corrected chi connectivity index (χ2v) is 4.01. The number of allylic oxidation sites excluding steroid dienone is 4. The number of hydrogen-bond donors (Lipinski definition) is 0. The van der Waals surface area contributed by atoms with Crippen molar-refractivity contribution < 1.29 is 4.39 Å². The Hall–Kier alpha value is 0.430. The van der Waals surface area contributed by atoms with Gasteiger partial charge in [0.25, 0.3) is 0 Å². The smallest absolute Gasteiger partial charge is 0.105 e. The van der Waals surface area contributed by atoms with Crippen molar-refractivity contribution in [2.75, 3.05) is 0 Å². The third-order valence-corrected chi connectivity index (χ3v) is 3.55. The zero-order valence-electron chi connectivity index (χ0n) is 5.44. The highest BCUT2D eigenvalue weighted by atomic mass is 127. The van der Waals surface area contributed by atoms with Crippen molar-refractivity contribution in [3.05, 3.63) is 21.6 Å². The predicted octanol–water partition coefficient (Wildman–Crippen LogP) is 3.42. The fraction of sp³-hybridized carbons (Fsp3) is 0.429. The van der Waals surface area contributed by atoms with Gasteiger partial charge in [0.1, 0.15) is 5.83 Å². The largest absolute Gasteiger partial charge is 0.211 e. The number of hydrogen-bond acceptors (Lipinski definition) is 0. The van der Waals surface area contributed by atoms with Crippen LogP contribution in [0.5, 0.6) is 0 Å². The molecule has 0 aromatic heterocycles. The van der Waals surface area contributed by atoms with E-state index in [9.17, 15) is 4.39 Å². The standard InChI is InChI=1S/C7H7ClFI/c1-4-5(9)2-3-6(10)7(4)8/h2-4,7H,1H3. The molecule has 0 radical (unpaired) electrons. The van der Waals surface area contributed by atoms with E-state index < -0.39 is 0 Å². The minimum atomic E-state index is -0.175. The van der Waals surface area contributed by atoms with Gasteiger partial charge in [0.05, 0.1) is 5.38 Å². The van der Waals surface area contributed by atoms with E-state index in [-0.39, 0.29) is 17.1 Å². The highest BCUT2D eigenvalue weighted by molar-refractivity contribution is 14.1. The second-order valence-electron chi connectivity index (χ2n) is 2.29. The molecular formula is C7H7ClFI. The van der Waals surface area contributed by atoms with Gasteiger partial charge in [-0.15, -0.1) is 11.6 Å². The van der Waals surface area contributed by atoms with E-state index in [2.05, 4.69) is 22.6 Å². The Morgan fingerprint density at radius 1 is 1.60 bits per heavy atom. The molecule has 0 aromatic carbocycles. The number of alkyl halides is 1. The van der Waals surface area contributed by atoms with Gasteiger partial charge in [0, 0.05) is 9.50 Å². The Kier molecular flexibility index (Phi) is 2.74. The first kappa shape index (κ1) is 8.53. The third kappa shape index (κ3) is 1.53. The summed E-state index contributed by atoms with van der Waals surface area (Å²) in [5.41, 5.74) is 0. The Labute approximate surface area is 78.3 Å². The molecule has 1 aliphatic carbocycles. The molecule has 0 spiro atoms. The molecule has 0 fully saturated rings. The van der Waals surface area contributed by atoms with Crippen LogP contribution in [0.25, 0.3) is 0 Å². The van der Waals surface area contributed by atoms with Crippen LogP contribution in [0, 0.1) is 5.92 Å². The summed E-state index contributed by atoms with van der Waals surface area (Å²) >= 11 is 7.98. The highest BCUT2D eigenvalue weighted by Crippen LogP contribution is 2.33. The molecule has 0 heterocycles. The van der Waals surface area contributed by atoms with Crippen molar-refractivity contribution in [3.8, 4) is 0 Å². The van der Waals surface area contributed by atoms with Crippen LogP contribution in [-0.4, -0.2) is 5.38 Å². The maximum absolute atomic E-state index is 12.7. The maximum atomic E-state index is 12.7. The van der Waals surface area contributed by atoms with Crippen LogP contribution in [0.15, 0.2) is 21.6 Å². The van der Waals surface area contributed by atoms with E-state index in [1.165, 1.54) is 6.08 Å². The number of halogens is 3. The van der Waals surface area contributed by atoms with Crippen molar-refractivity contribution in [2.24, 2.45) is 5.92 Å². The minimum Gasteiger partial charge on any atom is -0.211 e. The van der Waals surface area contributed by atoms with Crippen LogP contribution in [0.2, 0.25) is 0 Å². The quantitative estimate of drug-likeness (QED) is 0.468. The van der Waals surface area contributed by atoms with Gasteiger partial charge in [0.2, 0.25) is 0 Å². The Morgan fingerprint density at radius 2 is 2.20 bits per heavy atom. The molecule has 0 aliphatic heterocycles. The summed E-state index contributed by atoms with van der Waals surface area (Å²) in [6.45, 7) is 1.79. The van der Waals surface area contributed by atoms with Crippen LogP contribution in [0.3, 0.4) is 0 Å². The van der Waals surface area contributed by atoms with Crippen molar-refractivity contribution >= 4 is 34.2 Å². The fourth-order valence-electron chi connectivity index (χ4n) is 0.782. The summed E-state index contributed by atoms with van der Waals surface area (Å²) in [4.78, 5) is 0. The highest BCUT2D eigenvalue weighted by Gasteiger charge is 2.23. The van der Waals surface area contributed by atoms with Crippen LogP contribution in [-0.2, 0) is 0 Å². The number of rotatable bonds is 0. The molecule has 0 saturated carbocycles. The normalized spacial score (nSPS) is 33.2. The van der Waals surface area contributed by atoms with Crippen molar-refractivity contribution in [1.29, 1.82) is 0 Å². The van der Waals surface area contributed by atoms with Crippen molar-refractivity contribution in [3.63, 3.8) is 0 Å². The van der Waals surface area contributed by atoms with Crippen LogP contribution < -0.4 is 0 Å². The molecule has 0 saturated heterocycles. The van der Waals surface area contributed by atoms with Crippen LogP contribution >= 0.6 is 34.2 Å². The van der Waals surface area contributed by atoms with E-state index in [1.807, 2.05) is 0 Å². The van der Waals surface area contributed by atoms with Crippen molar-refractivity contribution in [2.45, 2.75) is 12.3 Å². The molecular weight excluding hydrogens is 265 g/mol. The predicted molar refractivity (Wildman–Crippen MR) is 50.1 cm³/mol. The summed E-state index contributed by atoms with van der Waals surface area (Å²) in [5.74, 6) is -0.293.